The Kier molecular flexibility index (Phi) is 25.7. The number of likely N-dealkylation sites (N-methyl/N-ethyl adjacent to an activating group) is 1. The van der Waals surface area contributed by atoms with Gasteiger partial charge in [-0.2, -0.15) is 0 Å². The molecule has 3 N–H and O–H groups in total. The van der Waals surface area contributed by atoms with Gasteiger partial charge in [0.1, 0.15) is 13.2 Å². The number of phosphoric acid groups is 1. The molecular weight excluding hydrogens is 551 g/mol. The maximum Gasteiger partial charge on any atom is 0.472 e. The van der Waals surface area contributed by atoms with Gasteiger partial charge in [-0.05, 0) is 38.5 Å². The lowest BCUT2D eigenvalue weighted by Gasteiger charge is -2.25. The number of hydrogen-bond acceptors (Lipinski definition) is 5. The summed E-state index contributed by atoms with van der Waals surface area (Å²) >= 11 is 0. The number of hydrogen-bond donors (Lipinski definition) is 3. The largest absolute Gasteiger partial charge is 0.472 e. The van der Waals surface area contributed by atoms with Crippen LogP contribution in [0.1, 0.15) is 129 Å². The first-order valence-corrected chi connectivity index (χ1v) is 18.2. The van der Waals surface area contributed by atoms with Crippen LogP contribution in [0.15, 0.2) is 24.3 Å². The Morgan fingerprint density at radius 2 is 1.33 bits per heavy atom. The quantitative estimate of drug-likeness (QED) is 0.0342. The van der Waals surface area contributed by atoms with Crippen LogP contribution < -0.4 is 5.32 Å². The first-order chi connectivity index (χ1) is 20.0. The third kappa shape index (κ3) is 27.8. The van der Waals surface area contributed by atoms with Crippen molar-refractivity contribution < 1.29 is 32.9 Å². The van der Waals surface area contributed by atoms with Crippen molar-refractivity contribution in [1.29, 1.82) is 0 Å². The lowest BCUT2D eigenvalue weighted by Crippen LogP contribution is -2.45. The minimum atomic E-state index is -4.32. The van der Waals surface area contributed by atoms with Gasteiger partial charge in [0, 0.05) is 6.42 Å². The molecule has 248 valence electrons. The van der Waals surface area contributed by atoms with Crippen LogP contribution >= 0.6 is 7.82 Å². The van der Waals surface area contributed by atoms with Crippen molar-refractivity contribution in [3.05, 3.63) is 24.3 Å². The summed E-state index contributed by atoms with van der Waals surface area (Å²) in [5, 5.41) is 13.6. The third-order valence-electron chi connectivity index (χ3n) is 7.15. The molecule has 3 atom stereocenters. The summed E-state index contributed by atoms with van der Waals surface area (Å²) in [7, 11) is 1.56. The molecule has 8 nitrogen and oxygen atoms in total. The zero-order valence-corrected chi connectivity index (χ0v) is 28.6. The van der Waals surface area contributed by atoms with E-state index in [1.54, 1.807) is 6.08 Å². The van der Waals surface area contributed by atoms with E-state index in [0.29, 0.717) is 17.4 Å². The SMILES string of the molecule is CCC/C=C/CCCCCCCC/C=C/[C@@H](O)[C@H](COP(=O)(O)OCC[N+](C)(C)C)NC(=O)CCCCCCCCC. The van der Waals surface area contributed by atoms with Gasteiger partial charge in [0.2, 0.25) is 5.91 Å². The Bertz CT molecular complexity index is 753. The molecule has 0 aromatic rings. The zero-order chi connectivity index (χ0) is 31.5. The van der Waals surface area contributed by atoms with E-state index in [4.69, 9.17) is 9.05 Å². The minimum absolute atomic E-state index is 0.0605. The van der Waals surface area contributed by atoms with Gasteiger partial charge in [0.25, 0.3) is 0 Å². The molecule has 0 aliphatic heterocycles. The molecule has 1 unspecified atom stereocenters. The minimum Gasteiger partial charge on any atom is -0.387 e. The molecule has 0 aromatic carbocycles. The molecule has 0 aromatic heterocycles. The number of allylic oxidation sites excluding steroid dienone is 3. The highest BCUT2D eigenvalue weighted by Crippen LogP contribution is 2.43. The molecule has 9 heteroatoms. The predicted molar refractivity (Wildman–Crippen MR) is 175 cm³/mol. The van der Waals surface area contributed by atoms with Crippen LogP contribution in [0.2, 0.25) is 0 Å². The second-order valence-electron chi connectivity index (χ2n) is 12.5. The Morgan fingerprint density at radius 3 is 1.93 bits per heavy atom. The molecule has 0 fully saturated rings. The molecule has 0 saturated carbocycles. The average molecular weight is 618 g/mol. The normalized spacial score (nSPS) is 15.3. The van der Waals surface area contributed by atoms with Gasteiger partial charge in [0.15, 0.2) is 0 Å². The third-order valence-corrected chi connectivity index (χ3v) is 8.13. The Labute approximate surface area is 258 Å². The van der Waals surface area contributed by atoms with Crippen LogP contribution in [-0.2, 0) is 18.4 Å². The summed E-state index contributed by atoms with van der Waals surface area (Å²) in [6.07, 6.45) is 26.8. The van der Waals surface area contributed by atoms with Crippen LogP contribution in [-0.4, -0.2) is 73.4 Å². The van der Waals surface area contributed by atoms with Crippen LogP contribution in [0.5, 0.6) is 0 Å². The van der Waals surface area contributed by atoms with E-state index in [9.17, 15) is 19.4 Å². The molecule has 0 spiro atoms. The Balaban J connectivity index is 4.62. The lowest BCUT2D eigenvalue weighted by molar-refractivity contribution is -0.870. The second kappa shape index (κ2) is 26.4. The highest BCUT2D eigenvalue weighted by molar-refractivity contribution is 7.47. The highest BCUT2D eigenvalue weighted by atomic mass is 31.2. The fourth-order valence-electron chi connectivity index (χ4n) is 4.39. The van der Waals surface area contributed by atoms with E-state index in [-0.39, 0.29) is 19.1 Å². The van der Waals surface area contributed by atoms with Gasteiger partial charge in [-0.25, -0.2) is 4.57 Å². The smallest absolute Gasteiger partial charge is 0.387 e. The number of aliphatic hydroxyl groups excluding tert-OH is 1. The number of phosphoric ester groups is 1. The fraction of sp³-hybridized carbons (Fsp3) is 0.848. The van der Waals surface area contributed by atoms with Crippen molar-refractivity contribution in [3.8, 4) is 0 Å². The molecule has 0 heterocycles. The van der Waals surface area contributed by atoms with Crippen molar-refractivity contribution in [3.63, 3.8) is 0 Å². The second-order valence-corrected chi connectivity index (χ2v) is 14.0. The highest BCUT2D eigenvalue weighted by Gasteiger charge is 2.27. The summed E-state index contributed by atoms with van der Waals surface area (Å²) in [6.45, 7) is 4.67. The van der Waals surface area contributed by atoms with Crippen LogP contribution in [0.25, 0.3) is 0 Å². The summed E-state index contributed by atoms with van der Waals surface area (Å²) < 4.78 is 23.3. The summed E-state index contributed by atoms with van der Waals surface area (Å²) in [4.78, 5) is 22.7. The number of rotatable bonds is 29. The first kappa shape index (κ1) is 41.0. The molecule has 0 bridgehead atoms. The number of unbranched alkanes of at least 4 members (excludes halogenated alkanes) is 14. The number of amides is 1. The van der Waals surface area contributed by atoms with E-state index in [2.05, 4.69) is 31.3 Å². The Morgan fingerprint density at radius 1 is 0.786 bits per heavy atom. The van der Waals surface area contributed by atoms with Crippen LogP contribution in [0.4, 0.5) is 0 Å². The van der Waals surface area contributed by atoms with Crippen molar-refractivity contribution in [1.82, 2.24) is 5.32 Å². The van der Waals surface area contributed by atoms with E-state index in [1.807, 2.05) is 27.2 Å². The molecule has 0 rings (SSSR count). The molecule has 0 aliphatic rings. The maximum absolute atomic E-state index is 12.6. The van der Waals surface area contributed by atoms with Gasteiger partial charge in [-0.3, -0.25) is 13.8 Å². The Hall–Kier alpha value is -1.02. The topological polar surface area (TPSA) is 105 Å². The molecule has 0 radical (unpaired) electrons. The van der Waals surface area contributed by atoms with Gasteiger partial charge in [0.05, 0.1) is 39.9 Å². The number of nitrogens with one attached hydrogen (secondary N) is 1. The summed E-state index contributed by atoms with van der Waals surface area (Å²) in [6, 6.07) is -0.841. The number of carbonyl (C=O) groups excluding carboxylic acids is 1. The first-order valence-electron chi connectivity index (χ1n) is 16.7. The van der Waals surface area contributed by atoms with E-state index >= 15 is 0 Å². The van der Waals surface area contributed by atoms with Crippen LogP contribution in [0.3, 0.4) is 0 Å². The summed E-state index contributed by atoms with van der Waals surface area (Å²) in [5.74, 6) is -0.191. The molecule has 42 heavy (non-hydrogen) atoms. The number of nitrogens with zero attached hydrogens (tertiary/aromatic N) is 1. The standard InChI is InChI=1S/C33H65N2O6P/c1-6-8-10-12-14-15-16-17-18-19-21-22-24-26-32(36)31(30-41-42(38,39)40-29-28-35(3,4)5)34-33(37)27-25-23-20-13-11-9-7-2/h10,12,24,26,31-32,36H,6-9,11,13-23,25,27-30H2,1-5H3,(H-,34,37,38,39)/p+1/b12-10+,26-24+/t31-,32+/m0/s1. The predicted octanol–water partition coefficient (Wildman–Crippen LogP) is 7.85. The van der Waals surface area contributed by atoms with Crippen molar-refractivity contribution in [2.24, 2.45) is 0 Å². The van der Waals surface area contributed by atoms with Gasteiger partial charge in [-0.15, -0.1) is 0 Å². The van der Waals surface area contributed by atoms with Gasteiger partial charge in [-0.1, -0.05) is 109 Å². The van der Waals surface area contributed by atoms with Gasteiger partial charge >= 0.3 is 7.82 Å². The van der Waals surface area contributed by atoms with Crippen LogP contribution in [0, 0.1) is 0 Å². The number of aliphatic hydroxyl groups is 1. The molecule has 1 amide bonds. The van der Waals surface area contributed by atoms with E-state index in [0.717, 1.165) is 38.5 Å². The summed E-state index contributed by atoms with van der Waals surface area (Å²) in [5.41, 5.74) is 0. The van der Waals surface area contributed by atoms with E-state index < -0.39 is 20.0 Å². The molecule has 0 saturated heterocycles. The lowest BCUT2D eigenvalue weighted by atomic mass is 10.1. The zero-order valence-electron chi connectivity index (χ0n) is 27.7. The molecule has 0 aliphatic carbocycles. The van der Waals surface area contributed by atoms with Crippen molar-refractivity contribution in [2.45, 2.75) is 142 Å². The van der Waals surface area contributed by atoms with Gasteiger partial charge < -0.3 is 19.8 Å². The average Bonchev–Trinajstić information content (AvgIpc) is 2.92. The molecular formula is C33H66N2O6P+. The van der Waals surface area contributed by atoms with Crippen molar-refractivity contribution >= 4 is 13.7 Å². The number of quaternary nitrogens is 1. The van der Waals surface area contributed by atoms with E-state index in [1.165, 1.54) is 70.6 Å². The monoisotopic (exact) mass is 617 g/mol. The fourth-order valence-corrected chi connectivity index (χ4v) is 5.13. The van der Waals surface area contributed by atoms with Crippen molar-refractivity contribution in [2.75, 3.05) is 40.9 Å². The maximum atomic E-state index is 12.6. The number of carbonyl (C=O) groups is 1.